The average molecular weight is 811 g/mol. The van der Waals surface area contributed by atoms with Crippen LogP contribution in [-0.4, -0.2) is 14.1 Å². The molecule has 0 spiro atoms. The van der Waals surface area contributed by atoms with Crippen molar-refractivity contribution in [2.45, 2.75) is 105 Å². The lowest BCUT2D eigenvalue weighted by molar-refractivity contribution is 0.590. The third-order valence-corrected chi connectivity index (χ3v) is 12.8. The molecule has 0 aliphatic rings. The highest BCUT2D eigenvalue weighted by Crippen LogP contribution is 2.44. The van der Waals surface area contributed by atoms with Gasteiger partial charge < -0.3 is 9.13 Å². The molecule has 0 amide bonds. The van der Waals surface area contributed by atoms with Gasteiger partial charge in [-0.05, 0) is 92.4 Å². The van der Waals surface area contributed by atoms with E-state index >= 15 is 0 Å². The normalized spacial score (nSPS) is 12.8. The van der Waals surface area contributed by atoms with Crippen LogP contribution in [0.2, 0.25) is 0 Å². The van der Waals surface area contributed by atoms with E-state index < -0.39 is 0 Å². The van der Waals surface area contributed by atoms with Gasteiger partial charge in [-0.3, -0.25) is 0 Å². The summed E-state index contributed by atoms with van der Waals surface area (Å²) in [5, 5.41) is 16.0. The molecule has 9 rings (SSSR count). The Labute approximate surface area is 367 Å². The van der Waals surface area contributed by atoms with E-state index in [0.717, 1.165) is 56.0 Å². The van der Waals surface area contributed by atoms with Gasteiger partial charge in [-0.1, -0.05) is 168 Å². The summed E-state index contributed by atoms with van der Waals surface area (Å²) < 4.78 is 4.93. The first-order valence-electron chi connectivity index (χ1n) is 22.0. The standard InChI is InChI=1S/C58H58N4/c1-55(2,3)38-21-25-42-43-26-22-39(56(4,5)6)31-50(43)61(49(42)30-38)53-29-37(35-59)46(48-20-16-19-47(60-48)36-17-14-13-15-18-36)34-54(53)62-51-32-40(57(7,8)9)23-27-44(51)45-28-24-41(33-52(45)62)58(10,11)12/h13-34H,1-12H3. The highest BCUT2D eigenvalue weighted by molar-refractivity contribution is 6.12. The minimum absolute atomic E-state index is 0.0773. The number of nitriles is 1. The Morgan fingerprint density at radius 3 is 1.15 bits per heavy atom. The van der Waals surface area contributed by atoms with E-state index in [2.05, 4.69) is 201 Å². The van der Waals surface area contributed by atoms with Gasteiger partial charge in [0.15, 0.2) is 0 Å². The molecule has 310 valence electrons. The first-order valence-corrected chi connectivity index (χ1v) is 22.0. The molecule has 0 saturated heterocycles. The van der Waals surface area contributed by atoms with Crippen LogP contribution in [0.1, 0.15) is 111 Å². The van der Waals surface area contributed by atoms with Crippen LogP contribution < -0.4 is 0 Å². The zero-order chi connectivity index (χ0) is 44.1. The fraction of sp³-hybridized carbons (Fsp3) is 0.276. The van der Waals surface area contributed by atoms with Crippen molar-refractivity contribution in [1.82, 2.24) is 14.1 Å². The maximum atomic E-state index is 11.2. The zero-order valence-corrected chi connectivity index (χ0v) is 38.5. The number of rotatable bonds is 4. The molecule has 62 heavy (non-hydrogen) atoms. The molecule has 4 nitrogen and oxygen atoms in total. The molecular formula is C58H58N4. The summed E-state index contributed by atoms with van der Waals surface area (Å²) in [4.78, 5) is 5.26. The van der Waals surface area contributed by atoms with E-state index in [4.69, 9.17) is 4.98 Å². The molecule has 0 unspecified atom stereocenters. The predicted octanol–water partition coefficient (Wildman–Crippen LogP) is 15.7. The van der Waals surface area contributed by atoms with Crippen molar-refractivity contribution in [2.24, 2.45) is 0 Å². The molecule has 4 heteroatoms. The maximum Gasteiger partial charge on any atom is 0.0999 e. The number of benzene rings is 6. The summed E-state index contributed by atoms with van der Waals surface area (Å²) in [5.74, 6) is 0. The summed E-state index contributed by atoms with van der Waals surface area (Å²) in [6.07, 6.45) is 0. The molecule has 0 aliphatic carbocycles. The smallest absolute Gasteiger partial charge is 0.0999 e. The summed E-state index contributed by atoms with van der Waals surface area (Å²) in [6.45, 7) is 27.4. The number of nitrogens with zero attached hydrogens (tertiary/aromatic N) is 4. The van der Waals surface area contributed by atoms with Gasteiger partial charge in [0, 0.05) is 32.7 Å². The molecule has 0 saturated carbocycles. The largest absolute Gasteiger partial charge is 0.307 e. The second kappa shape index (κ2) is 14.3. The average Bonchev–Trinajstić information content (AvgIpc) is 3.73. The van der Waals surface area contributed by atoms with Gasteiger partial charge >= 0.3 is 0 Å². The van der Waals surface area contributed by atoms with Crippen LogP contribution >= 0.6 is 0 Å². The van der Waals surface area contributed by atoms with Gasteiger partial charge in [0.25, 0.3) is 0 Å². The number of pyridine rings is 1. The highest BCUT2D eigenvalue weighted by Gasteiger charge is 2.27. The highest BCUT2D eigenvalue weighted by atomic mass is 15.1. The van der Waals surface area contributed by atoms with Crippen LogP contribution in [0.4, 0.5) is 0 Å². The summed E-state index contributed by atoms with van der Waals surface area (Å²) in [6, 6.07) is 51.4. The number of aromatic nitrogens is 3. The third kappa shape index (κ3) is 6.98. The minimum Gasteiger partial charge on any atom is -0.307 e. The quantitative estimate of drug-likeness (QED) is 0.178. The molecule has 0 N–H and O–H groups in total. The van der Waals surface area contributed by atoms with Crippen molar-refractivity contribution in [3.63, 3.8) is 0 Å². The van der Waals surface area contributed by atoms with E-state index in [-0.39, 0.29) is 21.7 Å². The fourth-order valence-electron chi connectivity index (χ4n) is 9.02. The van der Waals surface area contributed by atoms with Gasteiger partial charge in [0.05, 0.1) is 56.5 Å². The second-order valence-corrected chi connectivity index (χ2v) is 21.4. The van der Waals surface area contributed by atoms with Crippen LogP contribution in [-0.2, 0) is 21.7 Å². The number of hydrogen-bond acceptors (Lipinski definition) is 2. The zero-order valence-electron chi connectivity index (χ0n) is 38.5. The van der Waals surface area contributed by atoms with Gasteiger partial charge in [0.1, 0.15) is 0 Å². The van der Waals surface area contributed by atoms with Crippen molar-refractivity contribution < 1.29 is 0 Å². The van der Waals surface area contributed by atoms with Gasteiger partial charge in [0.2, 0.25) is 0 Å². The first kappa shape index (κ1) is 40.9. The van der Waals surface area contributed by atoms with Crippen molar-refractivity contribution in [3.05, 3.63) is 161 Å². The van der Waals surface area contributed by atoms with E-state index in [1.54, 1.807) is 0 Å². The van der Waals surface area contributed by atoms with Crippen molar-refractivity contribution in [1.29, 1.82) is 5.26 Å². The third-order valence-electron chi connectivity index (χ3n) is 12.8. The van der Waals surface area contributed by atoms with Crippen LogP contribution in [0.15, 0.2) is 133 Å². The lowest BCUT2D eigenvalue weighted by Crippen LogP contribution is -2.13. The Balaban J connectivity index is 1.50. The van der Waals surface area contributed by atoms with Gasteiger partial charge in [-0.2, -0.15) is 5.26 Å². The fourth-order valence-corrected chi connectivity index (χ4v) is 9.02. The molecule has 0 fully saturated rings. The second-order valence-electron chi connectivity index (χ2n) is 21.4. The van der Waals surface area contributed by atoms with Gasteiger partial charge in [-0.25, -0.2) is 4.98 Å². The molecule has 0 atom stereocenters. The summed E-state index contributed by atoms with van der Waals surface area (Å²) in [5.41, 5.74) is 15.2. The minimum atomic E-state index is -0.0778. The van der Waals surface area contributed by atoms with E-state index in [9.17, 15) is 5.26 Å². The molecular weight excluding hydrogens is 753 g/mol. The van der Waals surface area contributed by atoms with E-state index in [1.807, 2.05) is 30.3 Å². The van der Waals surface area contributed by atoms with Crippen LogP contribution in [0.3, 0.4) is 0 Å². The lowest BCUT2D eigenvalue weighted by Gasteiger charge is -2.23. The monoisotopic (exact) mass is 810 g/mol. The SMILES string of the molecule is CC(C)(C)c1ccc2c3ccc(C(C)(C)C)cc3n(-c3cc(C#N)c(-c4cccc(-c5ccccc5)n4)cc3-n3c4cc(C(C)(C)C)ccc4c4ccc(C(C)(C)C)cc43)c2c1. The number of hydrogen-bond donors (Lipinski definition) is 0. The molecule has 0 bridgehead atoms. The molecule has 3 heterocycles. The predicted molar refractivity (Wildman–Crippen MR) is 263 cm³/mol. The molecule has 3 aromatic heterocycles. The lowest BCUT2D eigenvalue weighted by atomic mass is 9.86. The van der Waals surface area contributed by atoms with E-state index in [1.165, 1.54) is 43.8 Å². The topological polar surface area (TPSA) is 46.5 Å². The Morgan fingerprint density at radius 1 is 0.403 bits per heavy atom. The summed E-state index contributed by atoms with van der Waals surface area (Å²) >= 11 is 0. The molecule has 6 aromatic carbocycles. The van der Waals surface area contributed by atoms with Crippen LogP contribution in [0.5, 0.6) is 0 Å². The van der Waals surface area contributed by atoms with Crippen LogP contribution in [0.25, 0.3) is 77.5 Å². The molecule has 9 aromatic rings. The molecule has 0 radical (unpaired) electrons. The first-order chi connectivity index (χ1) is 29.2. The van der Waals surface area contributed by atoms with E-state index in [0.29, 0.717) is 5.56 Å². The van der Waals surface area contributed by atoms with Crippen molar-refractivity contribution >= 4 is 43.6 Å². The maximum absolute atomic E-state index is 11.2. The summed E-state index contributed by atoms with van der Waals surface area (Å²) in [7, 11) is 0. The molecule has 0 aliphatic heterocycles. The van der Waals surface area contributed by atoms with Gasteiger partial charge in [-0.15, -0.1) is 0 Å². The Kier molecular flexibility index (Phi) is 9.45. The van der Waals surface area contributed by atoms with Crippen molar-refractivity contribution in [2.75, 3.05) is 0 Å². The Morgan fingerprint density at radius 2 is 0.774 bits per heavy atom. The Hall–Kier alpha value is -6.44. The van der Waals surface area contributed by atoms with Crippen LogP contribution in [0, 0.1) is 11.3 Å². The Bertz CT molecular complexity index is 3120. The number of fused-ring (bicyclic) bond motifs is 6. The van der Waals surface area contributed by atoms with Crippen molar-refractivity contribution in [3.8, 4) is 40.0 Å².